The van der Waals surface area contributed by atoms with Crippen molar-refractivity contribution in [2.24, 2.45) is 5.92 Å². The molecule has 0 unspecified atom stereocenters. The molecule has 0 atom stereocenters. The molecule has 0 amide bonds. The van der Waals surface area contributed by atoms with E-state index in [0.29, 0.717) is 5.92 Å². The van der Waals surface area contributed by atoms with Gasteiger partial charge in [-0.2, -0.15) is 5.10 Å². The zero-order valence-electron chi connectivity index (χ0n) is 10.5. The molecule has 90 valence electrons. The Kier molecular flexibility index (Phi) is 3.18. The summed E-state index contributed by atoms with van der Waals surface area (Å²) in [6, 6.07) is 9.85. The number of benzene rings is 1. The zero-order valence-corrected chi connectivity index (χ0v) is 10.5. The van der Waals surface area contributed by atoms with Crippen molar-refractivity contribution >= 4 is 0 Å². The lowest BCUT2D eigenvalue weighted by atomic mass is 10.1. The van der Waals surface area contributed by atoms with Crippen molar-refractivity contribution in [3.63, 3.8) is 0 Å². The molecule has 0 bridgehead atoms. The van der Waals surface area contributed by atoms with Gasteiger partial charge in [-0.1, -0.05) is 37.6 Å². The van der Waals surface area contributed by atoms with Gasteiger partial charge in [0, 0.05) is 18.2 Å². The second-order valence-electron chi connectivity index (χ2n) is 4.83. The van der Waals surface area contributed by atoms with Gasteiger partial charge in [0.15, 0.2) is 0 Å². The Morgan fingerprint density at radius 3 is 2.71 bits per heavy atom. The maximum Gasteiger partial charge on any atom is 0.209 e. The van der Waals surface area contributed by atoms with Crippen molar-refractivity contribution < 1.29 is 5.11 Å². The highest BCUT2D eigenvalue weighted by molar-refractivity contribution is 5.60. The Balaban J connectivity index is 2.34. The quantitative estimate of drug-likeness (QED) is 0.879. The predicted molar refractivity (Wildman–Crippen MR) is 68.9 cm³/mol. The predicted octanol–water partition coefficient (Wildman–Crippen LogP) is 3.22. The van der Waals surface area contributed by atoms with E-state index in [1.807, 2.05) is 12.1 Å². The molecule has 2 aromatic rings. The minimum atomic E-state index is 0.232. The van der Waals surface area contributed by atoms with Crippen LogP contribution in [0, 0.1) is 12.8 Å². The molecule has 0 aliphatic carbocycles. The van der Waals surface area contributed by atoms with Crippen LogP contribution in [-0.4, -0.2) is 14.9 Å². The van der Waals surface area contributed by atoms with Gasteiger partial charge in [-0.15, -0.1) is 0 Å². The van der Waals surface area contributed by atoms with Crippen molar-refractivity contribution in [3.8, 4) is 17.1 Å². The molecule has 2 rings (SSSR count). The van der Waals surface area contributed by atoms with E-state index in [0.717, 1.165) is 17.8 Å². The summed E-state index contributed by atoms with van der Waals surface area (Å²) in [7, 11) is 0. The van der Waals surface area contributed by atoms with Crippen molar-refractivity contribution in [2.45, 2.75) is 27.3 Å². The molecule has 0 radical (unpaired) electrons. The fourth-order valence-electron chi connectivity index (χ4n) is 1.83. The summed E-state index contributed by atoms with van der Waals surface area (Å²) in [6.45, 7) is 6.99. The Morgan fingerprint density at radius 1 is 1.29 bits per heavy atom. The van der Waals surface area contributed by atoms with Gasteiger partial charge in [-0.05, 0) is 18.9 Å². The van der Waals surface area contributed by atoms with Crippen LogP contribution in [0.1, 0.15) is 19.4 Å². The number of nitrogens with zero attached hydrogens (tertiary/aromatic N) is 2. The van der Waals surface area contributed by atoms with Gasteiger partial charge in [0.05, 0.1) is 5.69 Å². The molecular weight excluding hydrogens is 212 g/mol. The average Bonchev–Trinajstić information content (AvgIpc) is 2.59. The van der Waals surface area contributed by atoms with E-state index in [1.165, 1.54) is 5.56 Å². The van der Waals surface area contributed by atoms with E-state index in [2.05, 4.69) is 38.0 Å². The number of aromatic nitrogens is 2. The standard InChI is InChI=1S/C14H18N2O/c1-10(2)9-16-14(17)8-13(15-16)12-6-4-5-11(3)7-12/h4-8,10,17H,9H2,1-3H3. The molecule has 1 heterocycles. The van der Waals surface area contributed by atoms with Crippen molar-refractivity contribution in [1.29, 1.82) is 0 Å². The molecule has 0 aliphatic rings. The first kappa shape index (κ1) is 11.7. The van der Waals surface area contributed by atoms with Crippen LogP contribution in [-0.2, 0) is 6.54 Å². The van der Waals surface area contributed by atoms with Crippen LogP contribution in [0.5, 0.6) is 5.88 Å². The van der Waals surface area contributed by atoms with E-state index >= 15 is 0 Å². The van der Waals surface area contributed by atoms with Gasteiger partial charge in [-0.25, -0.2) is 4.68 Å². The average molecular weight is 230 g/mol. The maximum absolute atomic E-state index is 9.81. The van der Waals surface area contributed by atoms with Crippen LogP contribution in [0.15, 0.2) is 30.3 Å². The van der Waals surface area contributed by atoms with Crippen molar-refractivity contribution in [3.05, 3.63) is 35.9 Å². The van der Waals surface area contributed by atoms with E-state index in [1.54, 1.807) is 10.7 Å². The molecule has 0 saturated carbocycles. The van der Waals surface area contributed by atoms with Gasteiger partial charge in [-0.3, -0.25) is 0 Å². The summed E-state index contributed by atoms with van der Waals surface area (Å²) in [5.74, 6) is 0.696. The third kappa shape index (κ3) is 2.67. The first-order valence-corrected chi connectivity index (χ1v) is 5.90. The molecule has 3 heteroatoms. The molecule has 1 aromatic heterocycles. The maximum atomic E-state index is 9.81. The highest BCUT2D eigenvalue weighted by atomic mass is 16.3. The largest absolute Gasteiger partial charge is 0.493 e. The summed E-state index contributed by atoms with van der Waals surface area (Å²) in [4.78, 5) is 0. The monoisotopic (exact) mass is 230 g/mol. The Bertz CT molecular complexity index is 515. The number of aryl methyl sites for hydroxylation is 1. The first-order chi connectivity index (χ1) is 8.06. The molecule has 0 saturated heterocycles. The fraction of sp³-hybridized carbons (Fsp3) is 0.357. The second-order valence-corrected chi connectivity index (χ2v) is 4.83. The number of hydrogen-bond acceptors (Lipinski definition) is 2. The number of hydrogen-bond donors (Lipinski definition) is 1. The SMILES string of the molecule is Cc1cccc(-c2cc(O)n(CC(C)C)n2)c1. The highest BCUT2D eigenvalue weighted by Crippen LogP contribution is 2.23. The van der Waals surface area contributed by atoms with Crippen LogP contribution >= 0.6 is 0 Å². The van der Waals surface area contributed by atoms with Crippen molar-refractivity contribution in [2.75, 3.05) is 0 Å². The highest BCUT2D eigenvalue weighted by Gasteiger charge is 2.09. The van der Waals surface area contributed by atoms with Crippen LogP contribution < -0.4 is 0 Å². The van der Waals surface area contributed by atoms with E-state index in [-0.39, 0.29) is 5.88 Å². The van der Waals surface area contributed by atoms with Gasteiger partial charge in [0.25, 0.3) is 0 Å². The van der Waals surface area contributed by atoms with E-state index in [9.17, 15) is 5.11 Å². The molecule has 1 N–H and O–H groups in total. The molecule has 0 aliphatic heterocycles. The smallest absolute Gasteiger partial charge is 0.209 e. The van der Waals surface area contributed by atoms with Crippen molar-refractivity contribution in [1.82, 2.24) is 9.78 Å². The van der Waals surface area contributed by atoms with E-state index < -0.39 is 0 Å². The van der Waals surface area contributed by atoms with E-state index in [4.69, 9.17) is 0 Å². The Morgan fingerprint density at radius 2 is 2.06 bits per heavy atom. The minimum absolute atomic E-state index is 0.232. The third-order valence-corrected chi connectivity index (χ3v) is 2.61. The first-order valence-electron chi connectivity index (χ1n) is 5.90. The fourth-order valence-corrected chi connectivity index (χ4v) is 1.83. The lowest BCUT2D eigenvalue weighted by Gasteiger charge is -2.05. The summed E-state index contributed by atoms with van der Waals surface area (Å²) < 4.78 is 1.66. The third-order valence-electron chi connectivity index (χ3n) is 2.61. The lowest BCUT2D eigenvalue weighted by molar-refractivity contribution is 0.372. The summed E-state index contributed by atoms with van der Waals surface area (Å²) in [5, 5.41) is 14.2. The molecule has 0 fully saturated rings. The molecule has 1 aromatic carbocycles. The molecule has 17 heavy (non-hydrogen) atoms. The lowest BCUT2D eigenvalue weighted by Crippen LogP contribution is -2.05. The van der Waals surface area contributed by atoms with Crippen LogP contribution in [0.3, 0.4) is 0 Å². The van der Waals surface area contributed by atoms with Crippen LogP contribution in [0.4, 0.5) is 0 Å². The molecule has 0 spiro atoms. The summed E-state index contributed by atoms with van der Waals surface area (Å²) in [5.41, 5.74) is 3.06. The minimum Gasteiger partial charge on any atom is -0.493 e. The normalized spacial score (nSPS) is 11.1. The van der Waals surface area contributed by atoms with Gasteiger partial charge in [0.2, 0.25) is 5.88 Å². The van der Waals surface area contributed by atoms with Gasteiger partial charge in [0.1, 0.15) is 0 Å². The molecular formula is C14H18N2O. The molecule has 3 nitrogen and oxygen atoms in total. The van der Waals surface area contributed by atoms with Gasteiger partial charge < -0.3 is 5.11 Å². The second kappa shape index (κ2) is 4.62. The topological polar surface area (TPSA) is 38.0 Å². The summed E-state index contributed by atoms with van der Waals surface area (Å²) >= 11 is 0. The summed E-state index contributed by atoms with van der Waals surface area (Å²) in [6.07, 6.45) is 0. The Labute approximate surface area is 102 Å². The number of rotatable bonds is 3. The van der Waals surface area contributed by atoms with Gasteiger partial charge >= 0.3 is 0 Å². The number of aromatic hydroxyl groups is 1. The van der Waals surface area contributed by atoms with Crippen LogP contribution in [0.2, 0.25) is 0 Å². The zero-order chi connectivity index (χ0) is 12.4. The van der Waals surface area contributed by atoms with Crippen LogP contribution in [0.25, 0.3) is 11.3 Å². The Hall–Kier alpha value is -1.77.